The number of ether oxygens (including phenoxy) is 1. The lowest BCUT2D eigenvalue weighted by Gasteiger charge is -2.28. The number of likely N-dealkylation sites (tertiary alicyclic amines) is 1. The highest BCUT2D eigenvalue weighted by Gasteiger charge is 2.70. The van der Waals surface area contributed by atoms with Gasteiger partial charge < -0.3 is 19.4 Å². The summed E-state index contributed by atoms with van der Waals surface area (Å²) in [6.07, 6.45) is 3.53. The molecule has 1 saturated heterocycles. The minimum Gasteiger partial charge on any atom is -0.444 e. The number of aryl methyl sites for hydroxylation is 1. The Morgan fingerprint density at radius 1 is 1.27 bits per heavy atom. The number of aromatic nitrogens is 2. The molecule has 2 aromatic rings. The number of carbonyl (C=O) groups excluding carboxylic acids is 2. The third-order valence-electron chi connectivity index (χ3n) is 6.51. The first-order valence-corrected chi connectivity index (χ1v) is 10.6. The van der Waals surface area contributed by atoms with E-state index < -0.39 is 11.1 Å². The Hall–Kier alpha value is -2.57. The van der Waals surface area contributed by atoms with Crippen LogP contribution >= 0.6 is 0 Å². The molecule has 3 unspecified atom stereocenters. The molecule has 4 rings (SSSR count). The Labute approximate surface area is 177 Å². The van der Waals surface area contributed by atoms with Crippen molar-refractivity contribution in [2.45, 2.75) is 59.6 Å². The lowest BCUT2D eigenvalue weighted by Crippen LogP contribution is -2.45. The first-order valence-electron chi connectivity index (χ1n) is 10.6. The molecule has 1 N–H and O–H groups in total. The van der Waals surface area contributed by atoms with Crippen molar-refractivity contribution >= 4 is 17.5 Å². The number of imidazole rings is 1. The van der Waals surface area contributed by atoms with Gasteiger partial charge in [-0.15, -0.1) is 0 Å². The maximum absolute atomic E-state index is 13.2. The smallest absolute Gasteiger partial charge is 0.410 e. The quantitative estimate of drug-likeness (QED) is 0.837. The minimum atomic E-state index is -0.616. The van der Waals surface area contributed by atoms with E-state index in [1.165, 1.54) is 0 Å². The second-order valence-electron chi connectivity index (χ2n) is 10.6. The lowest BCUT2D eigenvalue weighted by atomic mass is 10.0. The van der Waals surface area contributed by atoms with Crippen LogP contribution in [0.15, 0.2) is 24.5 Å². The van der Waals surface area contributed by atoms with Crippen LogP contribution in [0.1, 0.15) is 52.9 Å². The number of fused-ring (bicyclic) bond motifs is 2. The van der Waals surface area contributed by atoms with Crippen molar-refractivity contribution < 1.29 is 14.3 Å². The van der Waals surface area contributed by atoms with Crippen LogP contribution in [-0.2, 0) is 15.1 Å². The van der Waals surface area contributed by atoms with E-state index in [1.807, 2.05) is 57.5 Å². The molecule has 3 atom stereocenters. The Balaban J connectivity index is 1.44. The van der Waals surface area contributed by atoms with Gasteiger partial charge in [-0.1, -0.05) is 13.0 Å². The fraction of sp³-hybridized carbons (Fsp3) is 0.609. The van der Waals surface area contributed by atoms with E-state index in [4.69, 9.17) is 4.74 Å². The zero-order valence-electron chi connectivity index (χ0n) is 18.9. The van der Waals surface area contributed by atoms with Crippen molar-refractivity contribution in [1.29, 1.82) is 0 Å². The molecule has 162 valence electrons. The third-order valence-corrected chi connectivity index (χ3v) is 6.51. The molecule has 2 aromatic heterocycles. The molecule has 30 heavy (non-hydrogen) atoms. The highest BCUT2D eigenvalue weighted by molar-refractivity contribution is 5.85. The number of rotatable bonds is 3. The number of piperidine rings is 1. The number of amides is 2. The molecule has 2 amide bonds. The summed E-state index contributed by atoms with van der Waals surface area (Å²) < 4.78 is 7.52. The molecule has 0 radical (unpaired) electrons. The van der Waals surface area contributed by atoms with Gasteiger partial charge in [0.05, 0.1) is 23.2 Å². The van der Waals surface area contributed by atoms with Gasteiger partial charge in [-0.25, -0.2) is 9.78 Å². The van der Waals surface area contributed by atoms with E-state index in [2.05, 4.69) is 30.2 Å². The van der Waals surface area contributed by atoms with Gasteiger partial charge in [0.1, 0.15) is 11.4 Å². The highest BCUT2D eigenvalue weighted by Crippen LogP contribution is 2.63. The average Bonchev–Trinajstić information content (AvgIpc) is 2.94. The minimum absolute atomic E-state index is 0.0285. The number of hydrogen-bond donors (Lipinski definition) is 1. The summed E-state index contributed by atoms with van der Waals surface area (Å²) in [5.74, 6) is 0.908. The summed E-state index contributed by atoms with van der Waals surface area (Å²) in [5.41, 5.74) is 0.858. The van der Waals surface area contributed by atoms with Gasteiger partial charge in [-0.05, 0) is 59.1 Å². The first kappa shape index (κ1) is 20.7. The van der Waals surface area contributed by atoms with Gasteiger partial charge in [-0.3, -0.25) is 4.79 Å². The summed E-state index contributed by atoms with van der Waals surface area (Å²) in [5, 5.41) is 3.21. The van der Waals surface area contributed by atoms with Gasteiger partial charge in [0.25, 0.3) is 0 Å². The summed E-state index contributed by atoms with van der Waals surface area (Å²) in [7, 11) is 0. The second kappa shape index (κ2) is 6.46. The second-order valence-corrected chi connectivity index (χ2v) is 10.6. The van der Waals surface area contributed by atoms with Gasteiger partial charge in [0, 0.05) is 24.7 Å². The van der Waals surface area contributed by atoms with E-state index in [1.54, 1.807) is 4.90 Å². The maximum atomic E-state index is 13.2. The summed E-state index contributed by atoms with van der Waals surface area (Å²) >= 11 is 0. The predicted molar refractivity (Wildman–Crippen MR) is 114 cm³/mol. The number of nitrogens with one attached hydrogen (secondary N) is 1. The van der Waals surface area contributed by atoms with Crippen molar-refractivity contribution in [3.8, 4) is 0 Å². The molecule has 7 nitrogen and oxygen atoms in total. The van der Waals surface area contributed by atoms with Gasteiger partial charge >= 0.3 is 6.09 Å². The normalized spacial score (nSPS) is 25.9. The van der Waals surface area contributed by atoms with Crippen LogP contribution < -0.4 is 5.32 Å². The molecule has 2 fully saturated rings. The summed E-state index contributed by atoms with van der Waals surface area (Å²) in [6, 6.07) is 4.04. The van der Waals surface area contributed by atoms with Crippen LogP contribution in [0.25, 0.3) is 5.52 Å². The maximum Gasteiger partial charge on any atom is 0.410 e. The average molecular weight is 413 g/mol. The molecule has 1 aliphatic carbocycles. The first-order chi connectivity index (χ1) is 13.8. The molecule has 0 bridgehead atoms. The van der Waals surface area contributed by atoms with Crippen molar-refractivity contribution in [2.75, 3.05) is 13.1 Å². The topological polar surface area (TPSA) is 75.9 Å². The van der Waals surface area contributed by atoms with Crippen LogP contribution in [0.4, 0.5) is 4.79 Å². The van der Waals surface area contributed by atoms with Crippen LogP contribution in [0.5, 0.6) is 0 Å². The molecular formula is C23H32N4O3. The Kier molecular flexibility index (Phi) is 4.46. The van der Waals surface area contributed by atoms with Gasteiger partial charge in [-0.2, -0.15) is 0 Å². The lowest BCUT2D eigenvalue weighted by molar-refractivity contribution is -0.125. The molecule has 0 spiro atoms. The third kappa shape index (κ3) is 3.34. The molecule has 1 saturated carbocycles. The largest absolute Gasteiger partial charge is 0.444 e. The highest BCUT2D eigenvalue weighted by atomic mass is 16.6. The number of nitrogens with zero attached hydrogens (tertiary/aromatic N) is 3. The van der Waals surface area contributed by atoms with Crippen molar-refractivity contribution in [3.63, 3.8) is 0 Å². The Morgan fingerprint density at radius 3 is 2.57 bits per heavy atom. The van der Waals surface area contributed by atoms with Crippen molar-refractivity contribution in [1.82, 2.24) is 19.6 Å². The predicted octanol–water partition coefficient (Wildman–Crippen LogP) is 3.50. The number of carbonyl (C=O) groups is 2. The standard InChI is InChI=1S/C23H32N4O3/c1-14-9-8-10-27-16(14)11-24-19(27)22(5,6)25-18(28)17-15-12-26(13-23(15,17)7)20(29)30-21(2,3)4/h8-11,15,17H,12-13H2,1-7H3,(H,25,28). The van der Waals surface area contributed by atoms with Crippen LogP contribution in [-0.4, -0.2) is 45.0 Å². The monoisotopic (exact) mass is 412 g/mol. The fourth-order valence-electron chi connectivity index (χ4n) is 4.92. The molecular weight excluding hydrogens is 380 g/mol. The SMILES string of the molecule is Cc1cccn2c(C(C)(C)NC(=O)C3C4CN(C(=O)OC(C)(C)C)CC43C)ncc12. The van der Waals surface area contributed by atoms with E-state index in [-0.39, 0.29) is 29.3 Å². The zero-order chi connectivity index (χ0) is 22.1. The molecule has 7 heteroatoms. The van der Waals surface area contributed by atoms with E-state index >= 15 is 0 Å². The van der Waals surface area contributed by atoms with E-state index in [0.29, 0.717) is 13.1 Å². The molecule has 1 aliphatic heterocycles. The van der Waals surface area contributed by atoms with Crippen LogP contribution in [0, 0.1) is 24.2 Å². The zero-order valence-corrected chi connectivity index (χ0v) is 18.9. The van der Waals surface area contributed by atoms with Crippen LogP contribution in [0.2, 0.25) is 0 Å². The van der Waals surface area contributed by atoms with Gasteiger partial charge in [0.15, 0.2) is 0 Å². The molecule has 3 heterocycles. The van der Waals surface area contributed by atoms with Gasteiger partial charge in [0.2, 0.25) is 5.91 Å². The Morgan fingerprint density at radius 2 is 1.97 bits per heavy atom. The fourth-order valence-corrected chi connectivity index (χ4v) is 4.92. The van der Waals surface area contributed by atoms with E-state index in [0.717, 1.165) is 16.9 Å². The van der Waals surface area contributed by atoms with Crippen molar-refractivity contribution in [3.05, 3.63) is 35.9 Å². The summed E-state index contributed by atoms with van der Waals surface area (Å²) in [6.45, 7) is 14.8. The number of pyridine rings is 1. The molecule has 0 aromatic carbocycles. The number of hydrogen-bond acceptors (Lipinski definition) is 4. The molecule has 2 aliphatic rings. The van der Waals surface area contributed by atoms with Crippen molar-refractivity contribution in [2.24, 2.45) is 17.3 Å². The summed E-state index contributed by atoms with van der Waals surface area (Å²) in [4.78, 5) is 31.9. The Bertz CT molecular complexity index is 1020. The van der Waals surface area contributed by atoms with E-state index in [9.17, 15) is 9.59 Å². The van der Waals surface area contributed by atoms with Crippen LogP contribution in [0.3, 0.4) is 0 Å².